The number of hydrogen-bond acceptors (Lipinski definition) is 4. The Balaban J connectivity index is 3.05. The summed E-state index contributed by atoms with van der Waals surface area (Å²) in [5.41, 5.74) is 1.01. The third-order valence-electron chi connectivity index (χ3n) is 1.90. The summed E-state index contributed by atoms with van der Waals surface area (Å²) < 4.78 is 4.36. The van der Waals surface area contributed by atoms with E-state index in [4.69, 9.17) is 0 Å². The molecule has 76 valence electrons. The van der Waals surface area contributed by atoms with E-state index in [1.165, 1.54) is 19.2 Å². The molecule has 0 saturated heterocycles. The van der Waals surface area contributed by atoms with Crippen LogP contribution in [0.4, 0.5) is 0 Å². The van der Waals surface area contributed by atoms with E-state index in [0.717, 1.165) is 5.56 Å². The molecule has 1 rings (SSSR count). The molecule has 0 bridgehead atoms. The Labute approximate surface area is 81.8 Å². The van der Waals surface area contributed by atoms with E-state index in [9.17, 15) is 15.0 Å². The van der Waals surface area contributed by atoms with Crippen LogP contribution in [-0.2, 0) is 9.53 Å². The molecular weight excluding hydrogens is 184 g/mol. The zero-order valence-corrected chi connectivity index (χ0v) is 8.02. The lowest BCUT2D eigenvalue weighted by atomic mass is 10.1. The molecule has 0 aliphatic carbocycles. The van der Waals surface area contributed by atoms with Crippen LogP contribution in [0.5, 0.6) is 5.75 Å². The number of rotatable bonds is 2. The van der Waals surface area contributed by atoms with E-state index in [2.05, 4.69) is 4.74 Å². The van der Waals surface area contributed by atoms with E-state index in [1.54, 1.807) is 13.0 Å². The van der Waals surface area contributed by atoms with Gasteiger partial charge in [-0.25, -0.2) is 4.79 Å². The molecule has 1 aromatic rings. The third kappa shape index (κ3) is 2.03. The lowest BCUT2D eigenvalue weighted by Gasteiger charge is -2.10. The highest BCUT2D eigenvalue weighted by molar-refractivity contribution is 5.77. The summed E-state index contributed by atoms with van der Waals surface area (Å²) in [6, 6.07) is 4.65. The van der Waals surface area contributed by atoms with Gasteiger partial charge in [0.2, 0.25) is 0 Å². The summed E-state index contributed by atoms with van der Waals surface area (Å²) in [6.07, 6.45) is -1.43. The summed E-state index contributed by atoms with van der Waals surface area (Å²) in [5.74, 6) is -0.903. The average molecular weight is 196 g/mol. The van der Waals surface area contributed by atoms with Gasteiger partial charge in [0.15, 0.2) is 6.10 Å². The quantitative estimate of drug-likeness (QED) is 0.690. The first-order valence-corrected chi connectivity index (χ1v) is 4.11. The molecule has 4 heteroatoms. The molecule has 4 nitrogen and oxygen atoms in total. The van der Waals surface area contributed by atoms with Crippen molar-refractivity contribution in [1.82, 2.24) is 0 Å². The number of esters is 1. The maximum Gasteiger partial charge on any atom is 0.339 e. The van der Waals surface area contributed by atoms with Crippen molar-refractivity contribution in [2.75, 3.05) is 7.11 Å². The summed E-state index contributed by atoms with van der Waals surface area (Å²) in [7, 11) is 1.18. The fraction of sp³-hybridized carbons (Fsp3) is 0.300. The highest BCUT2D eigenvalue weighted by Crippen LogP contribution is 2.25. The van der Waals surface area contributed by atoms with Gasteiger partial charge in [0.1, 0.15) is 5.75 Å². The number of aliphatic hydroxyl groups is 1. The van der Waals surface area contributed by atoms with Crippen LogP contribution in [0.2, 0.25) is 0 Å². The van der Waals surface area contributed by atoms with Gasteiger partial charge >= 0.3 is 5.97 Å². The number of benzene rings is 1. The molecule has 1 aromatic carbocycles. The Morgan fingerprint density at radius 3 is 2.71 bits per heavy atom. The zero-order valence-electron chi connectivity index (χ0n) is 8.02. The second-order valence-corrected chi connectivity index (χ2v) is 2.99. The van der Waals surface area contributed by atoms with E-state index >= 15 is 0 Å². The number of carbonyl (C=O) groups excluding carboxylic acids is 1. The van der Waals surface area contributed by atoms with Crippen molar-refractivity contribution >= 4 is 5.97 Å². The van der Waals surface area contributed by atoms with Gasteiger partial charge in [0.05, 0.1) is 7.11 Å². The van der Waals surface area contributed by atoms with Gasteiger partial charge < -0.3 is 14.9 Å². The van der Waals surface area contributed by atoms with Crippen molar-refractivity contribution < 1.29 is 19.7 Å². The van der Waals surface area contributed by atoms with Crippen LogP contribution in [-0.4, -0.2) is 23.3 Å². The Bertz CT molecular complexity index is 346. The molecule has 0 spiro atoms. The van der Waals surface area contributed by atoms with E-state index in [-0.39, 0.29) is 11.3 Å². The standard InChI is InChI=1S/C10H12O4/c1-6-3-4-8(11)7(5-6)9(12)10(13)14-2/h3-5,9,11-12H,1-2H3. The van der Waals surface area contributed by atoms with Crippen LogP contribution in [0.3, 0.4) is 0 Å². The van der Waals surface area contributed by atoms with E-state index in [0.29, 0.717) is 0 Å². The summed E-state index contributed by atoms with van der Waals surface area (Å²) in [6.45, 7) is 1.80. The lowest BCUT2D eigenvalue weighted by Crippen LogP contribution is -2.13. The summed E-state index contributed by atoms with van der Waals surface area (Å²) >= 11 is 0. The molecule has 14 heavy (non-hydrogen) atoms. The van der Waals surface area contributed by atoms with Crippen molar-refractivity contribution in [2.45, 2.75) is 13.0 Å². The maximum absolute atomic E-state index is 11.0. The van der Waals surface area contributed by atoms with Crippen LogP contribution in [0, 0.1) is 6.92 Å². The molecule has 0 saturated carbocycles. The highest BCUT2D eigenvalue weighted by atomic mass is 16.5. The number of aromatic hydroxyl groups is 1. The summed E-state index contributed by atoms with van der Waals surface area (Å²) in [4.78, 5) is 11.0. The van der Waals surface area contributed by atoms with Crippen molar-refractivity contribution in [3.8, 4) is 5.75 Å². The number of methoxy groups -OCH3 is 1. The molecule has 0 aliphatic heterocycles. The molecule has 0 fully saturated rings. The SMILES string of the molecule is COC(=O)C(O)c1cc(C)ccc1O. The first-order valence-electron chi connectivity index (χ1n) is 4.11. The number of carbonyl (C=O) groups is 1. The molecule has 0 heterocycles. The largest absolute Gasteiger partial charge is 0.508 e. The van der Waals surface area contributed by atoms with Gasteiger partial charge in [-0.2, -0.15) is 0 Å². The Kier molecular flexibility index (Phi) is 3.09. The Morgan fingerprint density at radius 1 is 1.50 bits per heavy atom. The normalized spacial score (nSPS) is 12.2. The van der Waals surface area contributed by atoms with E-state index in [1.807, 2.05) is 0 Å². The number of phenols is 1. The Hall–Kier alpha value is -1.55. The predicted octanol–water partition coefficient (Wildman–Crippen LogP) is 0.907. The number of aryl methyl sites for hydroxylation is 1. The van der Waals surface area contributed by atoms with Gasteiger partial charge in [-0.15, -0.1) is 0 Å². The first kappa shape index (κ1) is 10.5. The van der Waals surface area contributed by atoms with Crippen molar-refractivity contribution in [3.05, 3.63) is 29.3 Å². The number of aliphatic hydroxyl groups excluding tert-OH is 1. The first-order chi connectivity index (χ1) is 6.56. The van der Waals surface area contributed by atoms with Gasteiger partial charge in [0, 0.05) is 5.56 Å². The van der Waals surface area contributed by atoms with Crippen LogP contribution >= 0.6 is 0 Å². The zero-order chi connectivity index (χ0) is 10.7. The van der Waals surface area contributed by atoms with Gasteiger partial charge in [-0.3, -0.25) is 0 Å². The predicted molar refractivity (Wildman–Crippen MR) is 49.8 cm³/mol. The molecule has 0 aromatic heterocycles. The second-order valence-electron chi connectivity index (χ2n) is 2.99. The fourth-order valence-corrected chi connectivity index (χ4v) is 1.13. The number of ether oxygens (including phenoxy) is 1. The molecule has 0 radical (unpaired) electrons. The van der Waals surface area contributed by atoms with Gasteiger partial charge in [0.25, 0.3) is 0 Å². The molecule has 2 N–H and O–H groups in total. The smallest absolute Gasteiger partial charge is 0.339 e. The maximum atomic E-state index is 11.0. The lowest BCUT2D eigenvalue weighted by molar-refractivity contribution is -0.150. The van der Waals surface area contributed by atoms with Gasteiger partial charge in [-0.1, -0.05) is 11.6 Å². The van der Waals surface area contributed by atoms with Crippen molar-refractivity contribution in [2.24, 2.45) is 0 Å². The van der Waals surface area contributed by atoms with Crippen molar-refractivity contribution in [1.29, 1.82) is 0 Å². The topological polar surface area (TPSA) is 66.8 Å². The minimum absolute atomic E-state index is 0.117. The van der Waals surface area contributed by atoms with Crippen LogP contribution in [0.15, 0.2) is 18.2 Å². The van der Waals surface area contributed by atoms with Crippen LogP contribution < -0.4 is 0 Å². The molecule has 0 amide bonds. The fourth-order valence-electron chi connectivity index (χ4n) is 1.13. The van der Waals surface area contributed by atoms with Crippen LogP contribution in [0.25, 0.3) is 0 Å². The third-order valence-corrected chi connectivity index (χ3v) is 1.90. The summed E-state index contributed by atoms with van der Waals surface area (Å²) in [5, 5.41) is 18.8. The average Bonchev–Trinajstić information content (AvgIpc) is 2.19. The molecule has 0 aliphatic rings. The Morgan fingerprint density at radius 2 is 2.14 bits per heavy atom. The van der Waals surface area contributed by atoms with E-state index < -0.39 is 12.1 Å². The van der Waals surface area contributed by atoms with Crippen molar-refractivity contribution in [3.63, 3.8) is 0 Å². The second kappa shape index (κ2) is 4.11. The minimum Gasteiger partial charge on any atom is -0.508 e. The van der Waals surface area contributed by atoms with Gasteiger partial charge in [-0.05, 0) is 19.1 Å². The minimum atomic E-state index is -1.43. The van der Waals surface area contributed by atoms with Crippen LogP contribution in [0.1, 0.15) is 17.2 Å². The highest BCUT2D eigenvalue weighted by Gasteiger charge is 2.20. The number of phenolic OH excluding ortho intramolecular Hbond substituents is 1. The molecule has 1 unspecified atom stereocenters. The monoisotopic (exact) mass is 196 g/mol. The molecule has 1 atom stereocenters. The number of hydrogen-bond donors (Lipinski definition) is 2. The molecular formula is C10H12O4.